The van der Waals surface area contributed by atoms with Gasteiger partial charge in [0.05, 0.1) is 26.4 Å². The van der Waals surface area contributed by atoms with Gasteiger partial charge >= 0.3 is 39.5 Å². The van der Waals surface area contributed by atoms with Crippen molar-refractivity contribution in [2.45, 2.75) is 497 Å². The molecule has 110 heavy (non-hydrogen) atoms. The van der Waals surface area contributed by atoms with E-state index in [0.29, 0.717) is 25.7 Å². The van der Waals surface area contributed by atoms with E-state index in [1.807, 2.05) is 0 Å². The van der Waals surface area contributed by atoms with Crippen LogP contribution >= 0.6 is 15.6 Å². The molecule has 0 amide bonds. The lowest BCUT2D eigenvalue weighted by Crippen LogP contribution is -2.30. The molecule has 0 spiro atoms. The second-order valence-electron chi connectivity index (χ2n) is 33.7. The van der Waals surface area contributed by atoms with Crippen molar-refractivity contribution in [2.75, 3.05) is 39.6 Å². The summed E-state index contributed by atoms with van der Waals surface area (Å²) in [5.74, 6) is 1.22. The van der Waals surface area contributed by atoms with Crippen molar-refractivity contribution >= 4 is 39.5 Å². The lowest BCUT2D eigenvalue weighted by Gasteiger charge is -2.21. The minimum atomic E-state index is -4.97. The Bertz CT molecular complexity index is 2140. The Morgan fingerprint density at radius 2 is 0.409 bits per heavy atom. The Kier molecular flexibility index (Phi) is 78.1. The number of hydrogen-bond donors (Lipinski definition) is 3. The molecular weight excluding hydrogens is 1430 g/mol. The Balaban J connectivity index is 5.24. The number of ether oxygens (including phenoxy) is 4. The van der Waals surface area contributed by atoms with Crippen LogP contribution in [0.25, 0.3) is 0 Å². The van der Waals surface area contributed by atoms with Gasteiger partial charge in [-0.3, -0.25) is 37.3 Å². The van der Waals surface area contributed by atoms with Gasteiger partial charge in [0.2, 0.25) is 0 Å². The summed E-state index contributed by atoms with van der Waals surface area (Å²) < 4.78 is 69.0. The summed E-state index contributed by atoms with van der Waals surface area (Å²) in [4.78, 5) is 73.4. The summed E-state index contributed by atoms with van der Waals surface area (Å²) in [6.07, 6.45) is 70.7. The third kappa shape index (κ3) is 78.6. The van der Waals surface area contributed by atoms with Gasteiger partial charge in [0.1, 0.15) is 19.3 Å². The van der Waals surface area contributed by atoms with Crippen molar-refractivity contribution in [1.82, 2.24) is 0 Å². The zero-order valence-corrected chi connectivity index (χ0v) is 74.7. The number of phosphoric acid groups is 2. The topological polar surface area (TPSA) is 237 Å². The molecule has 0 aliphatic rings. The molecule has 6 unspecified atom stereocenters. The van der Waals surface area contributed by atoms with Gasteiger partial charge in [-0.2, -0.15) is 0 Å². The van der Waals surface area contributed by atoms with Crippen molar-refractivity contribution in [2.24, 2.45) is 23.7 Å². The highest BCUT2D eigenvalue weighted by molar-refractivity contribution is 7.47. The minimum absolute atomic E-state index is 0.106. The van der Waals surface area contributed by atoms with E-state index in [1.54, 1.807) is 0 Å². The first kappa shape index (κ1) is 108. The van der Waals surface area contributed by atoms with Gasteiger partial charge in [-0.25, -0.2) is 9.13 Å². The van der Waals surface area contributed by atoms with Crippen molar-refractivity contribution in [3.8, 4) is 0 Å². The van der Waals surface area contributed by atoms with Crippen LogP contribution in [0.5, 0.6) is 0 Å². The fourth-order valence-corrected chi connectivity index (χ4v) is 15.7. The molecule has 3 N–H and O–H groups in total. The maximum Gasteiger partial charge on any atom is 0.472 e. The van der Waals surface area contributed by atoms with Gasteiger partial charge in [0, 0.05) is 25.7 Å². The van der Waals surface area contributed by atoms with Gasteiger partial charge in [-0.15, -0.1) is 0 Å². The van der Waals surface area contributed by atoms with E-state index in [2.05, 4.69) is 55.4 Å². The van der Waals surface area contributed by atoms with Crippen LogP contribution in [0, 0.1) is 23.7 Å². The third-order valence-corrected chi connectivity index (χ3v) is 24.7. The first-order valence-electron chi connectivity index (χ1n) is 46.9. The van der Waals surface area contributed by atoms with E-state index >= 15 is 0 Å². The van der Waals surface area contributed by atoms with Crippen LogP contribution in [0.3, 0.4) is 0 Å². The normalized spacial score (nSPS) is 14.8. The first-order valence-corrected chi connectivity index (χ1v) is 49.8. The number of esters is 4. The average Bonchev–Trinajstić information content (AvgIpc) is 0.893. The van der Waals surface area contributed by atoms with Crippen molar-refractivity contribution in [3.05, 3.63) is 0 Å². The van der Waals surface area contributed by atoms with Crippen LogP contribution in [0.2, 0.25) is 0 Å². The fourth-order valence-electron chi connectivity index (χ4n) is 14.1. The Morgan fingerprint density at radius 3 is 0.600 bits per heavy atom. The highest BCUT2D eigenvalue weighted by Gasteiger charge is 2.31. The molecule has 0 heterocycles. The predicted octanol–water partition coefficient (Wildman–Crippen LogP) is 27.9. The number of phosphoric ester groups is 2. The van der Waals surface area contributed by atoms with Crippen LogP contribution in [0.15, 0.2) is 0 Å². The number of aliphatic hydroxyl groups excluding tert-OH is 1. The fraction of sp³-hybridized carbons (Fsp3) is 0.956. The maximum absolute atomic E-state index is 13.2. The summed E-state index contributed by atoms with van der Waals surface area (Å²) in [7, 11) is -9.94. The molecule has 0 fully saturated rings. The molecule has 0 aliphatic heterocycles. The quantitative estimate of drug-likeness (QED) is 0.0222. The molecule has 19 heteroatoms. The molecule has 0 bridgehead atoms. The molecule has 0 aliphatic carbocycles. The monoisotopic (exact) mass is 1610 g/mol. The van der Waals surface area contributed by atoms with E-state index in [0.717, 1.165) is 114 Å². The van der Waals surface area contributed by atoms with Gasteiger partial charge < -0.3 is 33.8 Å². The number of hydrogen-bond acceptors (Lipinski definition) is 15. The van der Waals surface area contributed by atoms with E-state index in [-0.39, 0.29) is 25.7 Å². The van der Waals surface area contributed by atoms with Crippen molar-refractivity contribution in [1.29, 1.82) is 0 Å². The molecule has 654 valence electrons. The Hall–Kier alpha value is -1.94. The van der Waals surface area contributed by atoms with Gasteiger partial charge in [0.15, 0.2) is 12.2 Å². The van der Waals surface area contributed by atoms with Crippen LogP contribution < -0.4 is 0 Å². The molecule has 9 atom stereocenters. The van der Waals surface area contributed by atoms with Crippen LogP contribution in [0.1, 0.15) is 479 Å². The van der Waals surface area contributed by atoms with Crippen LogP contribution in [0.4, 0.5) is 0 Å². The summed E-state index contributed by atoms with van der Waals surface area (Å²) in [6, 6.07) is 0. The van der Waals surface area contributed by atoms with Gasteiger partial charge in [-0.05, 0) is 49.4 Å². The summed E-state index contributed by atoms with van der Waals surface area (Å²) in [5, 5.41) is 10.7. The number of carbonyl (C=O) groups excluding carboxylic acids is 4. The zero-order valence-electron chi connectivity index (χ0n) is 72.9. The highest BCUT2D eigenvalue weighted by Crippen LogP contribution is 2.45. The maximum atomic E-state index is 13.2. The van der Waals surface area contributed by atoms with E-state index < -0.39 is 97.5 Å². The lowest BCUT2D eigenvalue weighted by molar-refractivity contribution is -0.161. The highest BCUT2D eigenvalue weighted by atomic mass is 31.2. The number of aliphatic hydroxyl groups is 1. The number of carbonyl (C=O) groups is 4. The molecule has 0 aromatic heterocycles. The largest absolute Gasteiger partial charge is 0.472 e. The molecule has 0 saturated heterocycles. The molecule has 0 rings (SSSR count). The second kappa shape index (κ2) is 79.5. The number of rotatable bonds is 88. The standard InChI is InChI=1S/C91H178O17P2/c1-9-81(5)67-59-51-43-35-29-25-21-17-13-15-19-23-27-31-38-47-55-63-71-88(93)101-77-86(107-90(95)73-65-57-49-39-32-28-24-20-16-14-18-22-26-30-36-44-52-60-68-82(6)10-2)79-105-109(97,98)103-75-85(92)76-104-110(99,100)106-80-87(78-102-89(94)72-64-56-48-42-41-46-54-62-70-84(8)12-4)108-91(96)74-66-58-50-40-34-33-37-45-53-61-69-83(7)11-3/h81-87,92H,9-80H2,1-8H3,(H,97,98)(H,99,100)/t81?,82?,83?,84?,85-,86-,87-/m1/s1. The zero-order chi connectivity index (χ0) is 80.9. The Labute approximate surface area is 677 Å². The molecule has 0 radical (unpaired) electrons. The van der Waals surface area contributed by atoms with E-state index in [9.17, 15) is 43.2 Å². The smallest absolute Gasteiger partial charge is 0.462 e. The van der Waals surface area contributed by atoms with E-state index in [1.165, 1.54) is 283 Å². The molecule has 0 saturated carbocycles. The molecular formula is C91H178O17P2. The minimum Gasteiger partial charge on any atom is -0.462 e. The summed E-state index contributed by atoms with van der Waals surface area (Å²) >= 11 is 0. The van der Waals surface area contributed by atoms with Gasteiger partial charge in [0.25, 0.3) is 0 Å². The van der Waals surface area contributed by atoms with Crippen LogP contribution in [-0.2, 0) is 65.4 Å². The first-order chi connectivity index (χ1) is 53.2. The molecule has 17 nitrogen and oxygen atoms in total. The van der Waals surface area contributed by atoms with Gasteiger partial charge in [-0.1, -0.05) is 428 Å². The average molecular weight is 1610 g/mol. The lowest BCUT2D eigenvalue weighted by atomic mass is 9.99. The summed E-state index contributed by atoms with van der Waals surface area (Å²) in [5.41, 5.74) is 0. The molecule has 0 aromatic carbocycles. The number of unbranched alkanes of at least 4 members (excludes halogenated alkanes) is 50. The summed E-state index contributed by atoms with van der Waals surface area (Å²) in [6.45, 7) is 14.5. The Morgan fingerprint density at radius 1 is 0.245 bits per heavy atom. The van der Waals surface area contributed by atoms with Crippen molar-refractivity contribution < 1.29 is 80.2 Å². The SMILES string of the molecule is CCC(C)CCCCCCCCCCCCCCCCCCCCC(=O)OC[C@H](COP(=O)(O)OC[C@@H](O)COP(=O)(O)OC[C@@H](COC(=O)CCCCCCCCCCC(C)CC)OC(=O)CCCCCCCCCCCCC(C)CC)OC(=O)CCCCCCCCCCCCCCCCCCCCC(C)CC. The second-order valence-corrected chi connectivity index (χ2v) is 36.6. The van der Waals surface area contributed by atoms with Crippen LogP contribution in [-0.4, -0.2) is 96.7 Å². The van der Waals surface area contributed by atoms with E-state index in [4.69, 9.17) is 37.0 Å². The predicted molar refractivity (Wildman–Crippen MR) is 455 cm³/mol. The van der Waals surface area contributed by atoms with Crippen molar-refractivity contribution in [3.63, 3.8) is 0 Å². The molecule has 0 aromatic rings. The third-order valence-electron chi connectivity index (χ3n) is 22.8.